The van der Waals surface area contributed by atoms with Crippen molar-refractivity contribution in [3.05, 3.63) is 52.5 Å². The number of halogens is 1. The lowest BCUT2D eigenvalue weighted by Crippen LogP contribution is -2.14. The number of hydrogen-bond acceptors (Lipinski definition) is 4. The summed E-state index contributed by atoms with van der Waals surface area (Å²) in [6.07, 6.45) is 0. The minimum absolute atomic E-state index is 0.0502. The van der Waals surface area contributed by atoms with Crippen LogP contribution in [0.1, 0.15) is 15.9 Å². The van der Waals surface area contributed by atoms with E-state index in [1.165, 1.54) is 25.3 Å². The normalized spacial score (nSPS) is 9.76. The summed E-state index contributed by atoms with van der Waals surface area (Å²) in [6, 6.07) is 11.0. The monoisotopic (exact) mass is 302 g/mol. The molecule has 2 N–H and O–H groups in total. The summed E-state index contributed by atoms with van der Waals surface area (Å²) in [7, 11) is 1.44. The second kappa shape index (κ2) is 6.16. The smallest absolute Gasteiger partial charge is 0.259 e. The molecule has 0 radical (unpaired) electrons. The van der Waals surface area contributed by atoms with E-state index in [-0.39, 0.29) is 22.6 Å². The van der Waals surface area contributed by atoms with Gasteiger partial charge in [-0.05, 0) is 30.3 Å². The molecule has 0 fully saturated rings. The van der Waals surface area contributed by atoms with E-state index in [0.717, 1.165) is 0 Å². The Morgan fingerprint density at radius 1 is 1.38 bits per heavy atom. The molecule has 6 heteroatoms. The van der Waals surface area contributed by atoms with Crippen LogP contribution in [0.25, 0.3) is 0 Å². The molecule has 0 aliphatic rings. The van der Waals surface area contributed by atoms with E-state index in [0.29, 0.717) is 10.8 Å². The number of methoxy groups -OCH3 is 1. The van der Waals surface area contributed by atoms with E-state index in [1.54, 1.807) is 18.2 Å². The molecule has 21 heavy (non-hydrogen) atoms. The zero-order valence-electron chi connectivity index (χ0n) is 11.1. The second-order valence-electron chi connectivity index (χ2n) is 4.11. The van der Waals surface area contributed by atoms with Crippen LogP contribution in [0.2, 0.25) is 5.02 Å². The van der Waals surface area contributed by atoms with Crippen molar-refractivity contribution in [2.45, 2.75) is 0 Å². The molecule has 0 aliphatic heterocycles. The molecule has 0 atom stereocenters. The average Bonchev–Trinajstić information content (AvgIpc) is 2.47. The van der Waals surface area contributed by atoms with Gasteiger partial charge in [-0.2, -0.15) is 5.26 Å². The minimum atomic E-state index is -0.565. The van der Waals surface area contributed by atoms with E-state index in [9.17, 15) is 9.90 Å². The number of nitrogens with zero attached hydrogens (tertiary/aromatic N) is 1. The van der Waals surface area contributed by atoms with Gasteiger partial charge in [-0.1, -0.05) is 17.7 Å². The number of nitrogens with one attached hydrogen (secondary N) is 1. The van der Waals surface area contributed by atoms with Crippen LogP contribution in [0, 0.1) is 11.3 Å². The number of phenolic OH excluding ortho intramolecular Hbond substituents is 1. The van der Waals surface area contributed by atoms with Crippen molar-refractivity contribution >= 4 is 23.2 Å². The largest absolute Gasteiger partial charge is 0.507 e. The third-order valence-electron chi connectivity index (χ3n) is 2.81. The first-order chi connectivity index (χ1) is 10.1. The minimum Gasteiger partial charge on any atom is -0.507 e. The first-order valence-electron chi connectivity index (χ1n) is 5.93. The first-order valence-corrected chi connectivity index (χ1v) is 6.31. The summed E-state index contributed by atoms with van der Waals surface area (Å²) in [5.41, 5.74) is 0.562. The third kappa shape index (κ3) is 3.07. The van der Waals surface area contributed by atoms with Crippen molar-refractivity contribution in [3.63, 3.8) is 0 Å². The Balaban J connectivity index is 2.38. The molecule has 0 spiro atoms. The molecule has 0 aliphatic carbocycles. The number of carbonyl (C=O) groups is 1. The van der Waals surface area contributed by atoms with Crippen molar-refractivity contribution in [3.8, 4) is 17.6 Å². The van der Waals surface area contributed by atoms with Gasteiger partial charge in [0.05, 0.1) is 18.2 Å². The molecular weight excluding hydrogens is 292 g/mol. The standard InChI is InChI=1S/C15H11ClN2O3/c1-21-13-4-2-3-9(8-17)14(13)18-15(20)11-6-5-10(16)7-12(11)19/h2-7,19H,1H3,(H,18,20). The summed E-state index contributed by atoms with van der Waals surface area (Å²) in [5, 5.41) is 21.7. The molecular formula is C15H11ClN2O3. The Bertz CT molecular complexity index is 738. The van der Waals surface area contributed by atoms with Crippen LogP contribution >= 0.6 is 11.6 Å². The highest BCUT2D eigenvalue weighted by Gasteiger charge is 2.16. The van der Waals surface area contributed by atoms with E-state index < -0.39 is 5.91 Å². The fourth-order valence-electron chi connectivity index (χ4n) is 1.80. The van der Waals surface area contributed by atoms with Crippen LogP contribution in [-0.2, 0) is 0 Å². The lowest BCUT2D eigenvalue weighted by atomic mass is 10.1. The van der Waals surface area contributed by atoms with Crippen molar-refractivity contribution in [1.29, 1.82) is 5.26 Å². The lowest BCUT2D eigenvalue weighted by Gasteiger charge is -2.12. The number of phenols is 1. The van der Waals surface area contributed by atoms with Gasteiger partial charge in [0.25, 0.3) is 5.91 Å². The molecule has 0 aromatic heterocycles. The van der Waals surface area contributed by atoms with Gasteiger partial charge in [-0.25, -0.2) is 0 Å². The average molecular weight is 303 g/mol. The fourth-order valence-corrected chi connectivity index (χ4v) is 1.97. The number of aromatic hydroxyl groups is 1. The molecule has 2 aromatic rings. The van der Waals surface area contributed by atoms with Crippen LogP contribution < -0.4 is 10.1 Å². The SMILES string of the molecule is COc1cccc(C#N)c1NC(=O)c1ccc(Cl)cc1O. The topological polar surface area (TPSA) is 82.3 Å². The van der Waals surface area contributed by atoms with Gasteiger partial charge < -0.3 is 15.2 Å². The fraction of sp³-hybridized carbons (Fsp3) is 0.0667. The molecule has 106 valence electrons. The van der Waals surface area contributed by atoms with Crippen molar-refractivity contribution < 1.29 is 14.6 Å². The van der Waals surface area contributed by atoms with E-state index in [1.807, 2.05) is 6.07 Å². The van der Waals surface area contributed by atoms with Crippen molar-refractivity contribution in [1.82, 2.24) is 0 Å². The van der Waals surface area contributed by atoms with Crippen LogP contribution in [0.4, 0.5) is 5.69 Å². The van der Waals surface area contributed by atoms with Crippen LogP contribution in [0.5, 0.6) is 11.5 Å². The van der Waals surface area contributed by atoms with Gasteiger partial charge in [-0.3, -0.25) is 4.79 Å². The van der Waals surface area contributed by atoms with Crippen molar-refractivity contribution in [2.24, 2.45) is 0 Å². The maximum absolute atomic E-state index is 12.2. The molecule has 2 aromatic carbocycles. The number of amides is 1. The zero-order chi connectivity index (χ0) is 15.4. The number of carbonyl (C=O) groups excluding carboxylic acids is 1. The first kappa shape index (κ1) is 14.7. The number of hydrogen-bond donors (Lipinski definition) is 2. The highest BCUT2D eigenvalue weighted by atomic mass is 35.5. The third-order valence-corrected chi connectivity index (χ3v) is 3.04. The Labute approximate surface area is 126 Å². The maximum atomic E-state index is 12.2. The van der Waals surface area contributed by atoms with Gasteiger partial charge in [0.1, 0.15) is 23.3 Å². The van der Waals surface area contributed by atoms with Gasteiger partial charge in [0, 0.05) is 5.02 Å². The molecule has 0 unspecified atom stereocenters. The van der Waals surface area contributed by atoms with Crippen LogP contribution in [-0.4, -0.2) is 18.1 Å². The Kier molecular flexibility index (Phi) is 4.31. The Hall–Kier alpha value is -2.71. The van der Waals surface area contributed by atoms with Gasteiger partial charge >= 0.3 is 0 Å². The zero-order valence-corrected chi connectivity index (χ0v) is 11.8. The van der Waals surface area contributed by atoms with E-state index >= 15 is 0 Å². The Morgan fingerprint density at radius 2 is 2.14 bits per heavy atom. The molecule has 5 nitrogen and oxygen atoms in total. The number of ether oxygens (including phenoxy) is 1. The number of para-hydroxylation sites is 1. The lowest BCUT2D eigenvalue weighted by molar-refractivity contribution is 0.102. The van der Waals surface area contributed by atoms with E-state index in [4.69, 9.17) is 21.6 Å². The van der Waals surface area contributed by atoms with Crippen LogP contribution in [0.3, 0.4) is 0 Å². The number of anilines is 1. The highest BCUT2D eigenvalue weighted by molar-refractivity contribution is 6.31. The molecule has 0 saturated heterocycles. The van der Waals surface area contributed by atoms with Crippen LogP contribution in [0.15, 0.2) is 36.4 Å². The molecule has 2 rings (SSSR count). The summed E-state index contributed by atoms with van der Waals surface area (Å²) in [6.45, 7) is 0. The summed E-state index contributed by atoms with van der Waals surface area (Å²) in [4.78, 5) is 12.2. The van der Waals surface area contributed by atoms with Gasteiger partial charge in [-0.15, -0.1) is 0 Å². The molecule has 0 saturated carbocycles. The number of rotatable bonds is 3. The highest BCUT2D eigenvalue weighted by Crippen LogP contribution is 2.29. The van der Waals surface area contributed by atoms with E-state index in [2.05, 4.69) is 5.32 Å². The quantitative estimate of drug-likeness (QED) is 0.912. The molecule has 1 amide bonds. The maximum Gasteiger partial charge on any atom is 0.259 e. The number of nitriles is 1. The van der Waals surface area contributed by atoms with Gasteiger partial charge in [0.15, 0.2) is 0 Å². The predicted octanol–water partition coefficient (Wildman–Crippen LogP) is 3.18. The van der Waals surface area contributed by atoms with Gasteiger partial charge in [0.2, 0.25) is 0 Å². The Morgan fingerprint density at radius 3 is 2.76 bits per heavy atom. The molecule has 0 heterocycles. The summed E-state index contributed by atoms with van der Waals surface area (Å²) >= 11 is 5.72. The predicted molar refractivity (Wildman–Crippen MR) is 78.8 cm³/mol. The molecule has 0 bridgehead atoms. The summed E-state index contributed by atoms with van der Waals surface area (Å²) in [5.74, 6) is -0.450. The summed E-state index contributed by atoms with van der Waals surface area (Å²) < 4.78 is 5.12. The van der Waals surface area contributed by atoms with Crippen molar-refractivity contribution in [2.75, 3.05) is 12.4 Å². The number of benzene rings is 2. The second-order valence-corrected chi connectivity index (χ2v) is 4.55.